The summed E-state index contributed by atoms with van der Waals surface area (Å²) in [6.45, 7) is 6.58. The summed E-state index contributed by atoms with van der Waals surface area (Å²) in [5.74, 6) is 0.869. The molecule has 0 bridgehead atoms. The van der Waals surface area contributed by atoms with Crippen LogP contribution in [-0.2, 0) is 0 Å². The van der Waals surface area contributed by atoms with E-state index in [9.17, 15) is 0 Å². The molecule has 1 aliphatic rings. The Morgan fingerprint density at radius 3 is 1.81 bits per heavy atom. The maximum Gasteiger partial charge on any atom is 0.0190 e. The smallest absolute Gasteiger partial charge is 0.0190 e. The molecule has 1 unspecified atom stereocenters. The number of hydrogen-bond acceptors (Lipinski definition) is 0. The van der Waals surface area contributed by atoms with Crippen molar-refractivity contribution < 1.29 is 0 Å². The van der Waals surface area contributed by atoms with E-state index in [0.717, 1.165) is 0 Å². The Morgan fingerprint density at radius 1 is 0.810 bits per heavy atom. The van der Waals surface area contributed by atoms with Gasteiger partial charge < -0.3 is 0 Å². The molecule has 2 aromatic carbocycles. The van der Waals surface area contributed by atoms with Crippen molar-refractivity contribution in [3.63, 3.8) is 0 Å². The molecule has 0 nitrogen and oxygen atoms in total. The van der Waals surface area contributed by atoms with E-state index < -0.39 is 0 Å². The van der Waals surface area contributed by atoms with Crippen LogP contribution in [0.15, 0.2) is 72.3 Å². The maximum atomic E-state index is 2.34. The lowest BCUT2D eigenvalue weighted by molar-refractivity contribution is 0.658. The predicted octanol–water partition coefficient (Wildman–Crippen LogP) is 5.57. The van der Waals surface area contributed by atoms with Gasteiger partial charge in [0.2, 0.25) is 0 Å². The Hall–Kier alpha value is -2.08. The van der Waals surface area contributed by atoms with Crippen LogP contribution in [0.1, 0.15) is 35.1 Å². The minimum atomic E-state index is 0.403. The monoisotopic (exact) mass is 274 g/mol. The van der Waals surface area contributed by atoms with Crippen molar-refractivity contribution in [2.24, 2.45) is 5.92 Å². The zero-order chi connectivity index (χ0) is 14.8. The molecule has 0 heteroatoms. The molecule has 2 aromatic rings. The van der Waals surface area contributed by atoms with E-state index in [-0.39, 0.29) is 0 Å². The lowest BCUT2D eigenvalue weighted by Crippen LogP contribution is -2.13. The van der Waals surface area contributed by atoms with Crippen molar-refractivity contribution in [2.75, 3.05) is 0 Å². The highest BCUT2D eigenvalue weighted by molar-refractivity contribution is 5.42. The van der Waals surface area contributed by atoms with Crippen LogP contribution in [0.4, 0.5) is 0 Å². The normalized spacial score (nSPS) is 17.3. The largest absolute Gasteiger partial charge is 0.0764 e. The Labute approximate surface area is 127 Å². The summed E-state index contributed by atoms with van der Waals surface area (Å²) in [7, 11) is 0. The summed E-state index contributed by atoms with van der Waals surface area (Å²) < 4.78 is 0. The second kappa shape index (κ2) is 5.73. The second-order valence-corrected chi connectivity index (χ2v) is 6.13. The topological polar surface area (TPSA) is 0 Å². The molecule has 0 fully saturated rings. The Balaban J connectivity index is 2.11. The third kappa shape index (κ3) is 2.85. The fourth-order valence-electron chi connectivity index (χ4n) is 3.30. The van der Waals surface area contributed by atoms with Crippen LogP contribution in [-0.4, -0.2) is 0 Å². The molecule has 0 N–H and O–H groups in total. The van der Waals surface area contributed by atoms with E-state index >= 15 is 0 Å². The van der Waals surface area contributed by atoms with Gasteiger partial charge in [0.05, 0.1) is 0 Å². The lowest BCUT2D eigenvalue weighted by atomic mass is 9.78. The van der Waals surface area contributed by atoms with Gasteiger partial charge in [0.1, 0.15) is 0 Å². The highest BCUT2D eigenvalue weighted by atomic mass is 14.3. The molecule has 21 heavy (non-hydrogen) atoms. The number of aryl methyl sites for hydroxylation is 2. The zero-order valence-corrected chi connectivity index (χ0v) is 13.0. The van der Waals surface area contributed by atoms with E-state index in [2.05, 4.69) is 87.5 Å². The van der Waals surface area contributed by atoms with Gasteiger partial charge in [-0.3, -0.25) is 0 Å². The fraction of sp³-hybridized carbons (Fsp3) is 0.238. The van der Waals surface area contributed by atoms with Crippen LogP contribution in [0.5, 0.6) is 0 Å². The van der Waals surface area contributed by atoms with Crippen molar-refractivity contribution >= 4 is 0 Å². The molecule has 0 amide bonds. The number of benzene rings is 2. The van der Waals surface area contributed by atoms with Gasteiger partial charge in [-0.15, -0.1) is 0 Å². The molecular weight excluding hydrogens is 252 g/mol. The molecule has 0 spiro atoms. The van der Waals surface area contributed by atoms with Gasteiger partial charge in [-0.05, 0) is 31.9 Å². The zero-order valence-electron chi connectivity index (χ0n) is 13.0. The first-order valence-corrected chi connectivity index (χ1v) is 7.63. The minimum absolute atomic E-state index is 0.403. The molecule has 0 aliphatic heterocycles. The van der Waals surface area contributed by atoms with E-state index in [1.54, 1.807) is 0 Å². The Kier molecular flexibility index (Phi) is 3.79. The van der Waals surface area contributed by atoms with Gasteiger partial charge in [0.25, 0.3) is 0 Å². The van der Waals surface area contributed by atoms with Gasteiger partial charge in [-0.25, -0.2) is 0 Å². The van der Waals surface area contributed by atoms with Crippen molar-refractivity contribution in [3.05, 3.63) is 94.6 Å². The molecule has 1 aliphatic carbocycles. The van der Waals surface area contributed by atoms with E-state index in [1.165, 1.54) is 27.8 Å². The maximum absolute atomic E-state index is 2.34. The third-order valence-electron chi connectivity index (χ3n) is 4.36. The molecule has 0 aromatic heterocycles. The van der Waals surface area contributed by atoms with E-state index in [0.29, 0.717) is 11.8 Å². The van der Waals surface area contributed by atoms with E-state index in [1.807, 2.05) is 0 Å². The van der Waals surface area contributed by atoms with Crippen LogP contribution >= 0.6 is 0 Å². The Bertz CT molecular complexity index is 658. The predicted molar refractivity (Wildman–Crippen MR) is 90.6 cm³/mol. The standard InChI is InChI=1S/C21H22/c1-15-7-4-10-18(13-15)21(20-12-6-9-17(20)3)19-11-5-8-16(2)14-19/h4-14,20-21H,1-3H3. The number of rotatable bonds is 3. The molecule has 1 atom stereocenters. The summed E-state index contributed by atoms with van der Waals surface area (Å²) in [4.78, 5) is 0. The fourth-order valence-corrected chi connectivity index (χ4v) is 3.30. The lowest BCUT2D eigenvalue weighted by Gasteiger charge is -2.25. The van der Waals surface area contributed by atoms with E-state index in [4.69, 9.17) is 0 Å². The molecule has 0 saturated carbocycles. The van der Waals surface area contributed by atoms with Gasteiger partial charge in [0.15, 0.2) is 0 Å². The molecule has 0 radical (unpaired) electrons. The van der Waals surface area contributed by atoms with Crippen molar-refractivity contribution in [3.8, 4) is 0 Å². The van der Waals surface area contributed by atoms with Crippen LogP contribution in [0, 0.1) is 19.8 Å². The molecule has 3 rings (SSSR count). The first-order valence-electron chi connectivity index (χ1n) is 7.63. The first-order chi connectivity index (χ1) is 10.1. The molecule has 0 heterocycles. The average molecular weight is 274 g/mol. The average Bonchev–Trinajstić information content (AvgIpc) is 2.86. The molecule has 106 valence electrons. The highest BCUT2D eigenvalue weighted by Crippen LogP contribution is 2.39. The van der Waals surface area contributed by atoms with Crippen LogP contribution in [0.3, 0.4) is 0 Å². The summed E-state index contributed by atoms with van der Waals surface area (Å²) in [5, 5.41) is 0. The van der Waals surface area contributed by atoms with Crippen LogP contribution in [0.25, 0.3) is 0 Å². The van der Waals surface area contributed by atoms with Gasteiger partial charge in [-0.2, -0.15) is 0 Å². The van der Waals surface area contributed by atoms with Gasteiger partial charge in [0, 0.05) is 11.8 Å². The number of allylic oxidation sites excluding steroid dienone is 4. The first kappa shape index (κ1) is 13.9. The number of hydrogen-bond donors (Lipinski definition) is 0. The van der Waals surface area contributed by atoms with Gasteiger partial charge >= 0.3 is 0 Å². The minimum Gasteiger partial charge on any atom is -0.0764 e. The molecular formula is C21H22. The summed E-state index contributed by atoms with van der Waals surface area (Å²) in [6.07, 6.45) is 6.77. The summed E-state index contributed by atoms with van der Waals surface area (Å²) in [6, 6.07) is 17.9. The SMILES string of the molecule is CC1=CC=CC1C(c1cccc(C)c1)c1cccc(C)c1. The highest BCUT2D eigenvalue weighted by Gasteiger charge is 2.26. The van der Waals surface area contributed by atoms with Gasteiger partial charge in [-0.1, -0.05) is 83.5 Å². The van der Waals surface area contributed by atoms with Crippen molar-refractivity contribution in [2.45, 2.75) is 26.7 Å². The van der Waals surface area contributed by atoms with Crippen LogP contribution in [0.2, 0.25) is 0 Å². The van der Waals surface area contributed by atoms with Crippen molar-refractivity contribution in [1.82, 2.24) is 0 Å². The molecule has 0 saturated heterocycles. The quantitative estimate of drug-likeness (QED) is 0.686. The Morgan fingerprint density at radius 2 is 1.38 bits per heavy atom. The summed E-state index contributed by atoms with van der Waals surface area (Å²) >= 11 is 0. The van der Waals surface area contributed by atoms with Crippen LogP contribution < -0.4 is 0 Å². The van der Waals surface area contributed by atoms with Crippen molar-refractivity contribution in [1.29, 1.82) is 0 Å². The summed E-state index contributed by atoms with van der Waals surface area (Å²) in [5.41, 5.74) is 6.92. The third-order valence-corrected chi connectivity index (χ3v) is 4.36. The second-order valence-electron chi connectivity index (χ2n) is 6.13.